The summed E-state index contributed by atoms with van der Waals surface area (Å²) in [4.78, 5) is 0. The molecular formula is C7H9N3O. The molecule has 0 aromatic carbocycles. The van der Waals surface area contributed by atoms with E-state index in [0.717, 1.165) is 18.5 Å². The Labute approximate surface area is 64.2 Å². The zero-order valence-corrected chi connectivity index (χ0v) is 6.01. The lowest BCUT2D eigenvalue weighted by atomic mass is 10.3. The first kappa shape index (κ1) is 6.54. The number of aliphatic hydroxyl groups is 1. The maximum Gasteiger partial charge on any atom is 0.0745 e. The highest BCUT2D eigenvalue weighted by Crippen LogP contribution is 2.20. The van der Waals surface area contributed by atoms with E-state index in [1.54, 1.807) is 17.1 Å². The van der Waals surface area contributed by atoms with Crippen LogP contribution in [0.3, 0.4) is 0 Å². The first-order valence-electron chi connectivity index (χ1n) is 3.62. The minimum absolute atomic E-state index is 0.297. The van der Waals surface area contributed by atoms with Gasteiger partial charge in [0, 0.05) is 5.70 Å². The van der Waals surface area contributed by atoms with Gasteiger partial charge in [0.15, 0.2) is 0 Å². The van der Waals surface area contributed by atoms with E-state index in [-0.39, 0.29) is 6.10 Å². The Bertz CT molecular complexity index is 265. The first-order chi connectivity index (χ1) is 5.36. The number of allylic oxidation sites excluding steroid dienone is 1. The molecule has 1 aromatic heterocycles. The molecule has 0 bridgehead atoms. The van der Waals surface area contributed by atoms with Crippen molar-refractivity contribution in [1.29, 1.82) is 0 Å². The molecule has 0 saturated heterocycles. The van der Waals surface area contributed by atoms with Gasteiger partial charge >= 0.3 is 0 Å². The number of hydrogen-bond donors (Lipinski definition) is 1. The number of rotatable bonds is 1. The van der Waals surface area contributed by atoms with Crippen LogP contribution in [0.25, 0.3) is 5.70 Å². The van der Waals surface area contributed by atoms with Crippen LogP contribution in [0.1, 0.15) is 12.8 Å². The van der Waals surface area contributed by atoms with Crippen molar-refractivity contribution in [3.63, 3.8) is 0 Å². The Balaban J connectivity index is 2.25. The molecule has 11 heavy (non-hydrogen) atoms. The number of hydrogen-bond acceptors (Lipinski definition) is 3. The minimum Gasteiger partial charge on any atom is -0.389 e. The van der Waals surface area contributed by atoms with Crippen molar-refractivity contribution in [2.24, 2.45) is 0 Å². The fraction of sp³-hybridized carbons (Fsp3) is 0.429. The van der Waals surface area contributed by atoms with Crippen LogP contribution in [-0.2, 0) is 0 Å². The summed E-state index contributed by atoms with van der Waals surface area (Å²) in [6, 6.07) is 0. The third-order valence-corrected chi connectivity index (χ3v) is 1.80. The number of aliphatic hydroxyl groups excluding tert-OH is 1. The Morgan fingerprint density at radius 1 is 1.64 bits per heavy atom. The molecule has 58 valence electrons. The fourth-order valence-corrected chi connectivity index (χ4v) is 1.24. The normalized spacial score (nSPS) is 23.7. The molecule has 1 atom stereocenters. The lowest BCUT2D eigenvalue weighted by molar-refractivity contribution is 0.223. The monoisotopic (exact) mass is 151 g/mol. The van der Waals surface area contributed by atoms with Gasteiger partial charge in [0.05, 0.1) is 18.5 Å². The van der Waals surface area contributed by atoms with Gasteiger partial charge in [-0.1, -0.05) is 5.21 Å². The molecule has 4 heteroatoms. The van der Waals surface area contributed by atoms with Gasteiger partial charge in [-0.25, -0.2) is 4.68 Å². The second-order valence-corrected chi connectivity index (χ2v) is 2.61. The van der Waals surface area contributed by atoms with E-state index in [9.17, 15) is 0 Å². The molecule has 0 fully saturated rings. The molecule has 1 heterocycles. The summed E-state index contributed by atoms with van der Waals surface area (Å²) in [6.45, 7) is 0. The highest BCUT2D eigenvalue weighted by molar-refractivity contribution is 5.47. The van der Waals surface area contributed by atoms with Gasteiger partial charge in [0.25, 0.3) is 0 Å². The van der Waals surface area contributed by atoms with Gasteiger partial charge in [0.2, 0.25) is 0 Å². The van der Waals surface area contributed by atoms with Crippen LogP contribution < -0.4 is 0 Å². The molecule has 0 aliphatic heterocycles. The van der Waals surface area contributed by atoms with Gasteiger partial charge in [-0.05, 0) is 18.9 Å². The largest absolute Gasteiger partial charge is 0.389 e. The van der Waals surface area contributed by atoms with Crippen LogP contribution in [0.5, 0.6) is 0 Å². The van der Waals surface area contributed by atoms with Crippen LogP contribution in [0.4, 0.5) is 0 Å². The van der Waals surface area contributed by atoms with Gasteiger partial charge in [-0.3, -0.25) is 0 Å². The molecule has 0 saturated carbocycles. The van der Waals surface area contributed by atoms with Crippen LogP contribution in [0.15, 0.2) is 18.5 Å². The first-order valence-corrected chi connectivity index (χ1v) is 3.62. The van der Waals surface area contributed by atoms with E-state index in [2.05, 4.69) is 10.3 Å². The number of nitrogens with zero attached hydrogens (tertiary/aromatic N) is 3. The van der Waals surface area contributed by atoms with Crippen LogP contribution in [0.2, 0.25) is 0 Å². The standard InChI is InChI=1S/C7H9N3O/c11-7-2-1-6(5-7)10-4-3-8-9-10/h3-5,7,11H,1-2H2. The van der Waals surface area contributed by atoms with Crippen molar-refractivity contribution >= 4 is 5.70 Å². The van der Waals surface area contributed by atoms with E-state index >= 15 is 0 Å². The summed E-state index contributed by atoms with van der Waals surface area (Å²) in [5.41, 5.74) is 1.04. The second kappa shape index (κ2) is 2.47. The molecule has 1 unspecified atom stereocenters. The molecule has 2 rings (SSSR count). The molecule has 4 nitrogen and oxygen atoms in total. The van der Waals surface area contributed by atoms with E-state index in [1.165, 1.54) is 0 Å². The smallest absolute Gasteiger partial charge is 0.0745 e. The van der Waals surface area contributed by atoms with Crippen molar-refractivity contribution in [2.75, 3.05) is 0 Å². The molecule has 1 aliphatic carbocycles. The SMILES string of the molecule is OC1C=C(n2ccnn2)CC1. The third-order valence-electron chi connectivity index (χ3n) is 1.80. The second-order valence-electron chi connectivity index (χ2n) is 2.61. The lowest BCUT2D eigenvalue weighted by Gasteiger charge is -1.96. The summed E-state index contributed by atoms with van der Waals surface area (Å²) >= 11 is 0. The molecule has 0 amide bonds. The maximum absolute atomic E-state index is 9.16. The summed E-state index contributed by atoms with van der Waals surface area (Å²) in [6.07, 6.45) is 6.61. The van der Waals surface area contributed by atoms with Crippen LogP contribution in [-0.4, -0.2) is 26.2 Å². The van der Waals surface area contributed by atoms with Crippen molar-refractivity contribution in [3.8, 4) is 0 Å². The van der Waals surface area contributed by atoms with E-state index in [0.29, 0.717) is 0 Å². The molecule has 1 aliphatic rings. The Morgan fingerprint density at radius 3 is 3.09 bits per heavy atom. The van der Waals surface area contributed by atoms with Gasteiger partial charge < -0.3 is 5.11 Å². The van der Waals surface area contributed by atoms with Gasteiger partial charge in [-0.2, -0.15) is 0 Å². The van der Waals surface area contributed by atoms with Gasteiger partial charge in [-0.15, -0.1) is 5.10 Å². The molecule has 1 N–H and O–H groups in total. The van der Waals surface area contributed by atoms with Crippen molar-refractivity contribution in [1.82, 2.24) is 15.0 Å². The molecule has 0 radical (unpaired) electrons. The van der Waals surface area contributed by atoms with Crippen molar-refractivity contribution in [3.05, 3.63) is 18.5 Å². The minimum atomic E-state index is -0.297. The van der Waals surface area contributed by atoms with Crippen molar-refractivity contribution < 1.29 is 5.11 Å². The average molecular weight is 151 g/mol. The number of aromatic nitrogens is 3. The highest BCUT2D eigenvalue weighted by Gasteiger charge is 2.14. The molecule has 0 spiro atoms. The molecule has 1 aromatic rings. The zero-order valence-electron chi connectivity index (χ0n) is 6.01. The molecular weight excluding hydrogens is 142 g/mol. The van der Waals surface area contributed by atoms with E-state index in [1.807, 2.05) is 6.08 Å². The predicted molar refractivity (Wildman–Crippen MR) is 39.5 cm³/mol. The summed E-state index contributed by atoms with van der Waals surface area (Å²) in [5, 5.41) is 16.7. The topological polar surface area (TPSA) is 50.9 Å². The third kappa shape index (κ3) is 1.17. The summed E-state index contributed by atoms with van der Waals surface area (Å²) in [5.74, 6) is 0. The Kier molecular flexibility index (Phi) is 1.47. The van der Waals surface area contributed by atoms with E-state index < -0.39 is 0 Å². The highest BCUT2D eigenvalue weighted by atomic mass is 16.3. The predicted octanol–water partition coefficient (Wildman–Crippen LogP) is 0.274. The Morgan fingerprint density at radius 2 is 2.55 bits per heavy atom. The average Bonchev–Trinajstić information content (AvgIpc) is 2.55. The zero-order chi connectivity index (χ0) is 7.68. The quantitative estimate of drug-likeness (QED) is 0.627. The van der Waals surface area contributed by atoms with Gasteiger partial charge in [0.1, 0.15) is 0 Å². The lowest BCUT2D eigenvalue weighted by Crippen LogP contribution is -1.95. The maximum atomic E-state index is 9.16. The summed E-state index contributed by atoms with van der Waals surface area (Å²) < 4.78 is 1.69. The van der Waals surface area contributed by atoms with Crippen LogP contribution >= 0.6 is 0 Å². The fourth-order valence-electron chi connectivity index (χ4n) is 1.24. The van der Waals surface area contributed by atoms with Crippen molar-refractivity contribution in [2.45, 2.75) is 18.9 Å². The summed E-state index contributed by atoms with van der Waals surface area (Å²) in [7, 11) is 0. The Hall–Kier alpha value is -1.16. The van der Waals surface area contributed by atoms with Crippen LogP contribution in [0, 0.1) is 0 Å². The van der Waals surface area contributed by atoms with E-state index in [4.69, 9.17) is 5.11 Å².